The van der Waals surface area contributed by atoms with Crippen molar-refractivity contribution in [2.75, 3.05) is 20.1 Å². The summed E-state index contributed by atoms with van der Waals surface area (Å²) in [5.74, 6) is -0.471. The number of likely N-dealkylation sites (N-methyl/N-ethyl adjacent to an activating group) is 1. The van der Waals surface area contributed by atoms with Gasteiger partial charge in [-0.15, -0.1) is 0 Å². The lowest BCUT2D eigenvalue weighted by Gasteiger charge is -2.23. The van der Waals surface area contributed by atoms with Gasteiger partial charge >= 0.3 is 0 Å². The van der Waals surface area contributed by atoms with Crippen molar-refractivity contribution in [2.24, 2.45) is 0 Å². The zero-order valence-corrected chi connectivity index (χ0v) is 14.4. The molecule has 118 valence electrons. The van der Waals surface area contributed by atoms with Gasteiger partial charge in [0, 0.05) is 23.6 Å². The van der Waals surface area contributed by atoms with Crippen LogP contribution >= 0.6 is 15.9 Å². The van der Waals surface area contributed by atoms with Crippen molar-refractivity contribution < 1.29 is 12.8 Å². The highest BCUT2D eigenvalue weighted by Gasteiger charge is 2.21. The smallest absolute Gasteiger partial charge is 0.241 e. The summed E-state index contributed by atoms with van der Waals surface area (Å²) in [6, 6.07) is 4.12. The first-order valence-corrected chi connectivity index (χ1v) is 9.33. The van der Waals surface area contributed by atoms with E-state index in [9.17, 15) is 12.8 Å². The molecule has 0 bridgehead atoms. The van der Waals surface area contributed by atoms with Gasteiger partial charge < -0.3 is 4.90 Å². The molecule has 0 unspecified atom stereocenters. The third-order valence-corrected chi connectivity index (χ3v) is 6.33. The highest BCUT2D eigenvalue weighted by molar-refractivity contribution is 9.10. The molecule has 0 atom stereocenters. The summed E-state index contributed by atoms with van der Waals surface area (Å²) < 4.78 is 40.2. The van der Waals surface area contributed by atoms with Crippen LogP contribution in [0.1, 0.15) is 25.7 Å². The predicted molar refractivity (Wildman–Crippen MR) is 84.2 cm³/mol. The van der Waals surface area contributed by atoms with Crippen LogP contribution in [0.2, 0.25) is 0 Å². The average Bonchev–Trinajstić information content (AvgIpc) is 2.91. The van der Waals surface area contributed by atoms with Crippen LogP contribution in [-0.2, 0) is 10.0 Å². The lowest BCUT2D eigenvalue weighted by molar-refractivity contribution is 0.250. The third kappa shape index (κ3) is 4.48. The summed E-state index contributed by atoms with van der Waals surface area (Å²) in [5, 5.41) is 0. The molecule has 7 heteroatoms. The van der Waals surface area contributed by atoms with E-state index in [4.69, 9.17) is 0 Å². The first-order chi connectivity index (χ1) is 9.90. The summed E-state index contributed by atoms with van der Waals surface area (Å²) >= 11 is 3.09. The van der Waals surface area contributed by atoms with Crippen LogP contribution in [0.4, 0.5) is 4.39 Å². The van der Waals surface area contributed by atoms with Crippen LogP contribution < -0.4 is 4.72 Å². The lowest BCUT2D eigenvalue weighted by Crippen LogP contribution is -2.37. The van der Waals surface area contributed by atoms with E-state index in [2.05, 4.69) is 25.6 Å². The van der Waals surface area contributed by atoms with Crippen LogP contribution in [0.25, 0.3) is 0 Å². The topological polar surface area (TPSA) is 49.4 Å². The number of rotatable bonds is 6. The van der Waals surface area contributed by atoms with Crippen LogP contribution in [0.3, 0.4) is 0 Å². The molecule has 0 amide bonds. The van der Waals surface area contributed by atoms with Crippen molar-refractivity contribution in [1.29, 1.82) is 0 Å². The van der Waals surface area contributed by atoms with Gasteiger partial charge in [-0.2, -0.15) is 0 Å². The monoisotopic (exact) mass is 378 g/mol. The van der Waals surface area contributed by atoms with Gasteiger partial charge in [0.1, 0.15) is 5.82 Å². The molecule has 1 aliphatic rings. The Morgan fingerprint density at radius 3 is 2.67 bits per heavy atom. The minimum atomic E-state index is -3.62. The first kappa shape index (κ1) is 16.9. The minimum absolute atomic E-state index is 0.0624. The second-order valence-corrected chi connectivity index (χ2v) is 7.98. The summed E-state index contributed by atoms with van der Waals surface area (Å²) in [6.07, 6.45) is 4.88. The van der Waals surface area contributed by atoms with E-state index in [1.807, 2.05) is 7.05 Å². The standard InChI is InChI=1S/C14H20BrFN2O2S/c1-18(12-4-2-3-5-12)9-8-17-21(19,20)14-7-6-11(16)10-13(14)15/h6-7,10,12,17H,2-5,8-9H2,1H3. The molecule has 0 heterocycles. The molecule has 1 fully saturated rings. The summed E-state index contributed by atoms with van der Waals surface area (Å²) in [5.41, 5.74) is 0. The van der Waals surface area contributed by atoms with Gasteiger partial charge in [-0.1, -0.05) is 12.8 Å². The van der Waals surface area contributed by atoms with E-state index in [1.165, 1.54) is 31.7 Å². The van der Waals surface area contributed by atoms with Crippen LogP contribution in [-0.4, -0.2) is 39.5 Å². The molecule has 1 aliphatic carbocycles. The summed E-state index contributed by atoms with van der Waals surface area (Å²) in [4.78, 5) is 2.27. The van der Waals surface area contributed by atoms with Gasteiger partial charge in [-0.25, -0.2) is 17.5 Å². The lowest BCUT2D eigenvalue weighted by atomic mass is 10.2. The molecule has 0 spiro atoms. The highest BCUT2D eigenvalue weighted by atomic mass is 79.9. The number of hydrogen-bond donors (Lipinski definition) is 1. The van der Waals surface area contributed by atoms with Crippen molar-refractivity contribution in [3.63, 3.8) is 0 Å². The SMILES string of the molecule is CN(CCNS(=O)(=O)c1ccc(F)cc1Br)C1CCCC1. The van der Waals surface area contributed by atoms with Gasteiger partial charge in [-0.3, -0.25) is 0 Å². The van der Waals surface area contributed by atoms with Gasteiger partial charge in [0.2, 0.25) is 10.0 Å². The normalized spacial score (nSPS) is 16.8. The molecule has 0 aliphatic heterocycles. The van der Waals surface area contributed by atoms with Gasteiger partial charge in [0.25, 0.3) is 0 Å². The average molecular weight is 379 g/mol. The quantitative estimate of drug-likeness (QED) is 0.827. The van der Waals surface area contributed by atoms with E-state index in [0.717, 1.165) is 12.1 Å². The Balaban J connectivity index is 1.92. The van der Waals surface area contributed by atoms with Crippen LogP contribution in [0.15, 0.2) is 27.6 Å². The number of halogens is 2. The van der Waals surface area contributed by atoms with E-state index < -0.39 is 15.8 Å². The Hall–Kier alpha value is -0.500. The fourth-order valence-electron chi connectivity index (χ4n) is 2.65. The number of sulfonamides is 1. The molecule has 1 saturated carbocycles. The molecule has 0 saturated heterocycles. The maximum Gasteiger partial charge on any atom is 0.241 e. The number of benzene rings is 1. The molecule has 4 nitrogen and oxygen atoms in total. The van der Waals surface area contributed by atoms with E-state index in [0.29, 0.717) is 19.1 Å². The summed E-state index contributed by atoms with van der Waals surface area (Å²) in [7, 11) is -1.59. The van der Waals surface area contributed by atoms with Crippen molar-refractivity contribution in [2.45, 2.75) is 36.6 Å². The molecule has 0 aromatic heterocycles. The molecular formula is C14H20BrFN2O2S. The Kier molecular flexibility index (Phi) is 5.76. The molecule has 1 aromatic carbocycles. The minimum Gasteiger partial charge on any atom is -0.302 e. The van der Waals surface area contributed by atoms with Crippen molar-refractivity contribution in [3.8, 4) is 0 Å². The zero-order chi connectivity index (χ0) is 15.5. The summed E-state index contributed by atoms with van der Waals surface area (Å²) in [6.45, 7) is 1.02. The Morgan fingerprint density at radius 1 is 1.38 bits per heavy atom. The molecule has 2 rings (SSSR count). The second-order valence-electron chi connectivity index (χ2n) is 5.39. The van der Waals surface area contributed by atoms with E-state index in [-0.39, 0.29) is 9.37 Å². The van der Waals surface area contributed by atoms with Gasteiger partial charge in [-0.05, 0) is 54.0 Å². The van der Waals surface area contributed by atoms with Crippen LogP contribution in [0, 0.1) is 5.82 Å². The maximum atomic E-state index is 13.0. The number of nitrogens with zero attached hydrogens (tertiary/aromatic N) is 1. The molecule has 1 aromatic rings. The Morgan fingerprint density at radius 2 is 2.05 bits per heavy atom. The van der Waals surface area contributed by atoms with Crippen molar-refractivity contribution in [3.05, 3.63) is 28.5 Å². The van der Waals surface area contributed by atoms with Crippen molar-refractivity contribution in [1.82, 2.24) is 9.62 Å². The highest BCUT2D eigenvalue weighted by Crippen LogP contribution is 2.23. The van der Waals surface area contributed by atoms with Crippen LogP contribution in [0.5, 0.6) is 0 Å². The first-order valence-electron chi connectivity index (χ1n) is 7.05. The fourth-order valence-corrected chi connectivity index (χ4v) is 4.72. The zero-order valence-electron chi connectivity index (χ0n) is 12.0. The van der Waals surface area contributed by atoms with Gasteiger partial charge in [0.05, 0.1) is 4.90 Å². The second kappa shape index (κ2) is 7.17. The maximum absolute atomic E-state index is 13.0. The molecule has 1 N–H and O–H groups in total. The van der Waals surface area contributed by atoms with E-state index in [1.54, 1.807) is 0 Å². The van der Waals surface area contributed by atoms with Gasteiger partial charge in [0.15, 0.2) is 0 Å². The molecule has 0 radical (unpaired) electrons. The number of nitrogens with one attached hydrogen (secondary N) is 1. The predicted octanol–water partition coefficient (Wildman–Crippen LogP) is 2.74. The Labute approximate surface area is 133 Å². The third-order valence-electron chi connectivity index (χ3n) is 3.89. The molecule has 21 heavy (non-hydrogen) atoms. The van der Waals surface area contributed by atoms with Crippen molar-refractivity contribution >= 4 is 26.0 Å². The largest absolute Gasteiger partial charge is 0.302 e. The fraction of sp³-hybridized carbons (Fsp3) is 0.571. The number of hydrogen-bond acceptors (Lipinski definition) is 3. The van der Waals surface area contributed by atoms with E-state index >= 15 is 0 Å². The molecular weight excluding hydrogens is 359 g/mol. The Bertz CT molecular complexity index is 589.